The van der Waals surface area contributed by atoms with Crippen molar-refractivity contribution in [3.63, 3.8) is 0 Å². The first-order valence-corrected chi connectivity index (χ1v) is 5.80. The molecule has 1 N–H and O–H groups in total. The van der Waals surface area contributed by atoms with E-state index in [2.05, 4.69) is 0 Å². The SMILES string of the molecule is [O-][S+](c1ccccc1)[C@H]1C=CC[C@@H]1O. The van der Waals surface area contributed by atoms with Crippen molar-refractivity contribution in [1.29, 1.82) is 0 Å². The summed E-state index contributed by atoms with van der Waals surface area (Å²) in [5, 5.41) is 9.33. The Morgan fingerprint density at radius 2 is 2.00 bits per heavy atom. The molecule has 1 aliphatic rings. The summed E-state index contributed by atoms with van der Waals surface area (Å²) in [7, 11) is 0. The van der Waals surface area contributed by atoms with E-state index >= 15 is 0 Å². The van der Waals surface area contributed by atoms with Crippen LogP contribution in [0.5, 0.6) is 0 Å². The van der Waals surface area contributed by atoms with Crippen molar-refractivity contribution in [1.82, 2.24) is 0 Å². The van der Waals surface area contributed by atoms with Crippen molar-refractivity contribution in [2.45, 2.75) is 22.7 Å². The molecule has 74 valence electrons. The minimum Gasteiger partial charge on any atom is -0.611 e. The largest absolute Gasteiger partial charge is 0.611 e. The van der Waals surface area contributed by atoms with Crippen LogP contribution in [-0.4, -0.2) is 21.0 Å². The van der Waals surface area contributed by atoms with E-state index in [0.29, 0.717) is 6.42 Å². The molecule has 0 aromatic heterocycles. The van der Waals surface area contributed by atoms with Crippen LogP contribution in [0, 0.1) is 0 Å². The van der Waals surface area contributed by atoms with Crippen LogP contribution in [0.3, 0.4) is 0 Å². The smallest absolute Gasteiger partial charge is 0.165 e. The second kappa shape index (κ2) is 4.17. The molecule has 14 heavy (non-hydrogen) atoms. The van der Waals surface area contributed by atoms with Gasteiger partial charge >= 0.3 is 0 Å². The zero-order valence-corrected chi connectivity index (χ0v) is 8.48. The fourth-order valence-corrected chi connectivity index (χ4v) is 2.93. The quantitative estimate of drug-likeness (QED) is 0.591. The Hall–Kier alpha value is -0.770. The molecule has 1 aromatic rings. The summed E-state index contributed by atoms with van der Waals surface area (Å²) in [5.41, 5.74) is 0. The minimum atomic E-state index is -1.13. The van der Waals surface area contributed by atoms with Gasteiger partial charge in [0, 0.05) is 0 Å². The first kappa shape index (κ1) is 9.77. The number of hydrogen-bond donors (Lipinski definition) is 1. The van der Waals surface area contributed by atoms with E-state index in [1.165, 1.54) is 0 Å². The van der Waals surface area contributed by atoms with Gasteiger partial charge in [-0.05, 0) is 35.8 Å². The molecule has 1 aliphatic carbocycles. The maximum absolute atomic E-state index is 12.0. The number of aliphatic hydroxyl groups is 1. The lowest BCUT2D eigenvalue weighted by molar-refractivity contribution is 0.191. The summed E-state index contributed by atoms with van der Waals surface area (Å²) >= 11 is -1.13. The van der Waals surface area contributed by atoms with Gasteiger partial charge < -0.3 is 9.66 Å². The van der Waals surface area contributed by atoms with Crippen molar-refractivity contribution in [2.75, 3.05) is 0 Å². The second-order valence-corrected chi connectivity index (χ2v) is 4.92. The number of benzene rings is 1. The monoisotopic (exact) mass is 208 g/mol. The van der Waals surface area contributed by atoms with Crippen molar-refractivity contribution < 1.29 is 9.66 Å². The standard InChI is InChI=1S/C11H12O2S/c12-10-7-4-8-11(10)14(13)9-5-2-1-3-6-9/h1-6,8,10-12H,7H2/t10-,11-,14?/m0/s1. The lowest BCUT2D eigenvalue weighted by atomic mass is 10.3. The van der Waals surface area contributed by atoms with Crippen molar-refractivity contribution >= 4 is 11.2 Å². The topological polar surface area (TPSA) is 43.3 Å². The molecule has 0 fully saturated rings. The van der Waals surface area contributed by atoms with Gasteiger partial charge in [-0.2, -0.15) is 0 Å². The average Bonchev–Trinajstić information content (AvgIpc) is 2.65. The number of rotatable bonds is 2. The minimum absolute atomic E-state index is 0.239. The normalized spacial score (nSPS) is 27.9. The van der Waals surface area contributed by atoms with E-state index in [9.17, 15) is 9.66 Å². The van der Waals surface area contributed by atoms with Crippen LogP contribution in [0.4, 0.5) is 0 Å². The zero-order chi connectivity index (χ0) is 9.97. The Bertz CT molecular complexity index is 323. The Morgan fingerprint density at radius 1 is 1.29 bits per heavy atom. The van der Waals surface area contributed by atoms with Crippen LogP contribution in [0.25, 0.3) is 0 Å². The Labute approximate surface area is 86.4 Å². The number of hydrogen-bond acceptors (Lipinski definition) is 2. The summed E-state index contributed by atoms with van der Waals surface area (Å²) in [6.07, 6.45) is 3.85. The van der Waals surface area contributed by atoms with Gasteiger partial charge in [0.2, 0.25) is 0 Å². The van der Waals surface area contributed by atoms with Crippen LogP contribution >= 0.6 is 0 Å². The van der Waals surface area contributed by atoms with Gasteiger partial charge in [0.15, 0.2) is 10.1 Å². The highest BCUT2D eigenvalue weighted by Crippen LogP contribution is 2.24. The van der Waals surface area contributed by atoms with E-state index in [-0.39, 0.29) is 5.25 Å². The van der Waals surface area contributed by atoms with Crippen LogP contribution in [0.2, 0.25) is 0 Å². The second-order valence-electron chi connectivity index (χ2n) is 3.31. The summed E-state index contributed by atoms with van der Waals surface area (Å²) < 4.78 is 12.0. The molecule has 1 unspecified atom stereocenters. The van der Waals surface area contributed by atoms with E-state index in [1.54, 1.807) is 0 Å². The van der Waals surface area contributed by atoms with Gasteiger partial charge in [0.05, 0.1) is 0 Å². The van der Waals surface area contributed by atoms with Crippen LogP contribution in [0.1, 0.15) is 6.42 Å². The van der Waals surface area contributed by atoms with Gasteiger partial charge in [-0.15, -0.1) is 0 Å². The molecule has 0 saturated heterocycles. The third-order valence-corrected chi connectivity index (χ3v) is 4.01. The average molecular weight is 208 g/mol. The Kier molecular flexibility index (Phi) is 2.91. The fraction of sp³-hybridized carbons (Fsp3) is 0.273. The van der Waals surface area contributed by atoms with Gasteiger partial charge in [0.1, 0.15) is 6.10 Å². The molecule has 0 heterocycles. The zero-order valence-electron chi connectivity index (χ0n) is 7.67. The summed E-state index contributed by atoms with van der Waals surface area (Å²) in [6, 6.07) is 9.27. The molecular weight excluding hydrogens is 196 g/mol. The molecule has 2 nitrogen and oxygen atoms in total. The first-order chi connectivity index (χ1) is 6.79. The van der Waals surface area contributed by atoms with E-state index in [1.807, 2.05) is 42.5 Å². The molecule has 0 spiro atoms. The van der Waals surface area contributed by atoms with E-state index in [4.69, 9.17) is 0 Å². The maximum Gasteiger partial charge on any atom is 0.165 e. The van der Waals surface area contributed by atoms with Crippen molar-refractivity contribution in [3.8, 4) is 0 Å². The molecule has 0 bridgehead atoms. The van der Waals surface area contributed by atoms with Gasteiger partial charge in [-0.25, -0.2) is 0 Å². The highest BCUT2D eigenvalue weighted by atomic mass is 32.2. The van der Waals surface area contributed by atoms with Crippen LogP contribution in [-0.2, 0) is 11.2 Å². The summed E-state index contributed by atoms with van der Waals surface area (Å²) in [5.74, 6) is 0. The predicted octanol–water partition coefficient (Wildman–Crippen LogP) is 1.48. The Balaban J connectivity index is 2.16. The van der Waals surface area contributed by atoms with Gasteiger partial charge in [-0.3, -0.25) is 0 Å². The third-order valence-electron chi connectivity index (χ3n) is 2.31. The van der Waals surface area contributed by atoms with Gasteiger partial charge in [-0.1, -0.05) is 24.3 Å². The van der Waals surface area contributed by atoms with Crippen LogP contribution in [0.15, 0.2) is 47.4 Å². The lowest BCUT2D eigenvalue weighted by Gasteiger charge is -2.18. The highest BCUT2D eigenvalue weighted by Gasteiger charge is 2.32. The van der Waals surface area contributed by atoms with Gasteiger partial charge in [0.25, 0.3) is 0 Å². The molecule has 0 saturated carbocycles. The van der Waals surface area contributed by atoms with E-state index < -0.39 is 17.3 Å². The van der Waals surface area contributed by atoms with Crippen molar-refractivity contribution in [2.24, 2.45) is 0 Å². The molecule has 2 rings (SSSR count). The molecular formula is C11H12O2S. The number of aliphatic hydroxyl groups excluding tert-OH is 1. The predicted molar refractivity (Wildman–Crippen MR) is 56.4 cm³/mol. The molecule has 0 radical (unpaired) electrons. The molecule has 0 aliphatic heterocycles. The highest BCUT2D eigenvalue weighted by molar-refractivity contribution is 7.92. The lowest BCUT2D eigenvalue weighted by Crippen LogP contribution is -2.29. The molecule has 3 atom stereocenters. The third kappa shape index (κ3) is 1.85. The van der Waals surface area contributed by atoms with Crippen molar-refractivity contribution in [3.05, 3.63) is 42.5 Å². The maximum atomic E-state index is 12.0. The first-order valence-electron chi connectivity index (χ1n) is 4.59. The summed E-state index contributed by atoms with van der Waals surface area (Å²) in [4.78, 5) is 0.781. The summed E-state index contributed by atoms with van der Waals surface area (Å²) in [6.45, 7) is 0. The van der Waals surface area contributed by atoms with E-state index in [0.717, 1.165) is 4.90 Å². The fourth-order valence-electron chi connectivity index (χ4n) is 1.54. The molecule has 3 heteroatoms. The molecule has 1 aromatic carbocycles. The molecule has 0 amide bonds. The Morgan fingerprint density at radius 3 is 2.57 bits per heavy atom. The van der Waals surface area contributed by atoms with Crippen LogP contribution < -0.4 is 0 Å².